The molecule has 0 amide bonds. The minimum Gasteiger partial charge on any atom is -0.392 e. The first-order valence-corrected chi connectivity index (χ1v) is 12.0. The largest absolute Gasteiger partial charge is 0.392 e. The molecule has 0 saturated carbocycles. The molecule has 170 valence electrons. The van der Waals surface area contributed by atoms with Crippen LogP contribution in [-0.4, -0.2) is 30.7 Å². The lowest BCUT2D eigenvalue weighted by atomic mass is 10.1. The SMILES string of the molecule is CSc1ccccc1CNc1nccc(-c2c(-c3ccc(F)cc3)nc3cc(CO)ccn23)n1. The number of nitrogens with zero attached hydrogens (tertiary/aromatic N) is 4. The van der Waals surface area contributed by atoms with Crippen molar-refractivity contribution < 1.29 is 9.50 Å². The third kappa shape index (κ3) is 4.37. The summed E-state index contributed by atoms with van der Waals surface area (Å²) in [5.41, 5.74) is 5.48. The van der Waals surface area contributed by atoms with Crippen molar-refractivity contribution in [1.29, 1.82) is 0 Å². The van der Waals surface area contributed by atoms with Crippen LogP contribution in [0.2, 0.25) is 0 Å². The smallest absolute Gasteiger partial charge is 0.223 e. The second-order valence-corrected chi connectivity index (χ2v) is 8.52. The Bertz CT molecular complexity index is 1450. The van der Waals surface area contributed by atoms with Crippen LogP contribution in [0.15, 0.2) is 84.0 Å². The van der Waals surface area contributed by atoms with E-state index in [4.69, 9.17) is 9.97 Å². The van der Waals surface area contributed by atoms with Gasteiger partial charge in [-0.15, -0.1) is 11.8 Å². The zero-order valence-electron chi connectivity index (χ0n) is 18.4. The fourth-order valence-electron chi connectivity index (χ4n) is 3.84. The lowest BCUT2D eigenvalue weighted by molar-refractivity contribution is 0.282. The van der Waals surface area contributed by atoms with Crippen LogP contribution in [0, 0.1) is 5.82 Å². The average molecular weight is 472 g/mol. The second-order valence-electron chi connectivity index (χ2n) is 7.67. The number of hydrogen-bond donors (Lipinski definition) is 2. The van der Waals surface area contributed by atoms with E-state index < -0.39 is 0 Å². The second kappa shape index (κ2) is 9.62. The maximum atomic E-state index is 13.6. The van der Waals surface area contributed by atoms with E-state index in [1.165, 1.54) is 22.6 Å². The average Bonchev–Trinajstić information content (AvgIpc) is 3.27. The first kappa shape index (κ1) is 22.1. The number of imidazole rings is 1. The fourth-order valence-corrected chi connectivity index (χ4v) is 4.46. The van der Waals surface area contributed by atoms with Crippen LogP contribution < -0.4 is 5.32 Å². The summed E-state index contributed by atoms with van der Waals surface area (Å²) in [6.07, 6.45) is 5.63. The van der Waals surface area contributed by atoms with Gasteiger partial charge in [-0.2, -0.15) is 0 Å². The van der Waals surface area contributed by atoms with Gasteiger partial charge >= 0.3 is 0 Å². The molecule has 0 aliphatic heterocycles. The number of anilines is 1. The first-order chi connectivity index (χ1) is 16.7. The highest BCUT2D eigenvalue weighted by Crippen LogP contribution is 2.32. The minimum absolute atomic E-state index is 0.0797. The number of hydrogen-bond acceptors (Lipinski definition) is 6. The zero-order valence-corrected chi connectivity index (χ0v) is 19.3. The van der Waals surface area contributed by atoms with Gasteiger partial charge in [-0.05, 0) is 65.9 Å². The van der Waals surface area contributed by atoms with E-state index in [1.807, 2.05) is 40.9 Å². The number of halogens is 1. The number of pyridine rings is 1. The molecule has 3 heterocycles. The number of rotatable bonds is 7. The maximum Gasteiger partial charge on any atom is 0.223 e. The number of fused-ring (bicyclic) bond motifs is 1. The van der Waals surface area contributed by atoms with Crippen molar-refractivity contribution in [3.8, 4) is 22.6 Å². The van der Waals surface area contributed by atoms with Crippen LogP contribution >= 0.6 is 11.8 Å². The van der Waals surface area contributed by atoms with E-state index in [0.29, 0.717) is 29.5 Å². The summed E-state index contributed by atoms with van der Waals surface area (Å²) < 4.78 is 15.5. The Balaban J connectivity index is 1.57. The molecule has 8 heteroatoms. The predicted molar refractivity (Wildman–Crippen MR) is 133 cm³/mol. The molecule has 5 rings (SSSR count). The summed E-state index contributed by atoms with van der Waals surface area (Å²) in [7, 11) is 0. The lowest BCUT2D eigenvalue weighted by Gasteiger charge is -2.10. The molecule has 0 aliphatic carbocycles. The van der Waals surface area contributed by atoms with E-state index in [1.54, 1.807) is 30.1 Å². The Kier molecular flexibility index (Phi) is 6.24. The quantitative estimate of drug-likeness (QED) is 0.309. The molecule has 0 aliphatic rings. The van der Waals surface area contributed by atoms with Crippen molar-refractivity contribution in [3.63, 3.8) is 0 Å². The van der Waals surface area contributed by atoms with Gasteiger partial charge in [0.1, 0.15) is 11.5 Å². The third-order valence-corrected chi connectivity index (χ3v) is 6.36. The van der Waals surface area contributed by atoms with Crippen LogP contribution in [0.5, 0.6) is 0 Å². The van der Waals surface area contributed by atoms with E-state index in [2.05, 4.69) is 28.7 Å². The molecular weight excluding hydrogens is 449 g/mol. The summed E-state index contributed by atoms with van der Waals surface area (Å²) in [4.78, 5) is 15.2. The summed E-state index contributed by atoms with van der Waals surface area (Å²) in [5, 5.41) is 12.9. The number of thioether (sulfide) groups is 1. The summed E-state index contributed by atoms with van der Waals surface area (Å²) in [5.74, 6) is 0.191. The van der Waals surface area contributed by atoms with E-state index in [-0.39, 0.29) is 12.4 Å². The van der Waals surface area contributed by atoms with Gasteiger partial charge in [0, 0.05) is 29.4 Å². The van der Waals surface area contributed by atoms with Gasteiger partial charge in [-0.1, -0.05) is 18.2 Å². The summed E-state index contributed by atoms with van der Waals surface area (Å²) >= 11 is 1.70. The minimum atomic E-state index is -0.310. The molecule has 0 fully saturated rings. The van der Waals surface area contributed by atoms with Gasteiger partial charge in [-0.3, -0.25) is 4.40 Å². The van der Waals surface area contributed by atoms with Crippen molar-refractivity contribution in [2.24, 2.45) is 0 Å². The standard InChI is InChI=1S/C26H22FN5OS/c1-34-22-5-3-2-4-19(22)15-29-26-28-12-10-21(30-26)25-24(18-6-8-20(27)9-7-18)31-23-14-17(16-33)11-13-32(23)25/h2-14,33H,15-16H2,1H3,(H,28,29,30). The molecule has 0 unspecified atom stereocenters. The molecule has 0 spiro atoms. The zero-order chi connectivity index (χ0) is 23.5. The number of aromatic nitrogens is 4. The van der Waals surface area contributed by atoms with E-state index >= 15 is 0 Å². The van der Waals surface area contributed by atoms with Gasteiger partial charge < -0.3 is 10.4 Å². The van der Waals surface area contributed by atoms with Crippen molar-refractivity contribution in [3.05, 3.63) is 96.1 Å². The highest BCUT2D eigenvalue weighted by molar-refractivity contribution is 7.98. The topological polar surface area (TPSA) is 75.3 Å². The molecule has 3 aromatic heterocycles. The van der Waals surface area contributed by atoms with E-state index in [9.17, 15) is 9.50 Å². The van der Waals surface area contributed by atoms with Crippen molar-refractivity contribution in [1.82, 2.24) is 19.4 Å². The van der Waals surface area contributed by atoms with Crippen molar-refractivity contribution in [2.75, 3.05) is 11.6 Å². The Morgan fingerprint density at radius 2 is 1.85 bits per heavy atom. The normalized spacial score (nSPS) is 11.1. The summed E-state index contributed by atoms with van der Waals surface area (Å²) in [6, 6.07) is 19.9. The molecule has 0 saturated heterocycles. The molecular formula is C26H22FN5OS. The summed E-state index contributed by atoms with van der Waals surface area (Å²) in [6.45, 7) is 0.516. The number of nitrogens with one attached hydrogen (secondary N) is 1. The van der Waals surface area contributed by atoms with Gasteiger partial charge in [0.05, 0.1) is 23.7 Å². The molecule has 6 nitrogen and oxygen atoms in total. The molecule has 2 aromatic carbocycles. The van der Waals surface area contributed by atoms with Crippen LogP contribution in [0.25, 0.3) is 28.3 Å². The van der Waals surface area contributed by atoms with Crippen LogP contribution in [0.4, 0.5) is 10.3 Å². The van der Waals surface area contributed by atoms with Gasteiger partial charge in [0.15, 0.2) is 0 Å². The third-order valence-electron chi connectivity index (χ3n) is 5.52. The molecule has 2 N–H and O–H groups in total. The molecule has 0 atom stereocenters. The molecule has 0 radical (unpaired) electrons. The van der Waals surface area contributed by atoms with Crippen LogP contribution in [0.1, 0.15) is 11.1 Å². The molecule has 5 aromatic rings. The number of aliphatic hydroxyl groups is 1. The van der Waals surface area contributed by atoms with Crippen molar-refractivity contribution >= 4 is 23.4 Å². The maximum absolute atomic E-state index is 13.6. The Morgan fingerprint density at radius 3 is 2.65 bits per heavy atom. The van der Waals surface area contributed by atoms with Gasteiger partial charge in [0.2, 0.25) is 5.95 Å². The lowest BCUT2D eigenvalue weighted by Crippen LogP contribution is -2.05. The highest BCUT2D eigenvalue weighted by atomic mass is 32.2. The van der Waals surface area contributed by atoms with E-state index in [0.717, 1.165) is 16.8 Å². The van der Waals surface area contributed by atoms with Crippen LogP contribution in [-0.2, 0) is 13.2 Å². The number of benzene rings is 2. The molecule has 0 bridgehead atoms. The van der Waals surface area contributed by atoms with Gasteiger partial charge in [-0.25, -0.2) is 19.3 Å². The van der Waals surface area contributed by atoms with Gasteiger partial charge in [0.25, 0.3) is 0 Å². The predicted octanol–water partition coefficient (Wildman–Crippen LogP) is 5.42. The number of aliphatic hydroxyl groups excluding tert-OH is 1. The first-order valence-electron chi connectivity index (χ1n) is 10.7. The fraction of sp³-hybridized carbons (Fsp3) is 0.115. The Hall–Kier alpha value is -3.75. The Morgan fingerprint density at radius 1 is 1.03 bits per heavy atom. The van der Waals surface area contributed by atoms with Crippen molar-refractivity contribution in [2.45, 2.75) is 18.0 Å². The highest BCUT2D eigenvalue weighted by Gasteiger charge is 2.18. The molecule has 34 heavy (non-hydrogen) atoms. The van der Waals surface area contributed by atoms with Crippen LogP contribution in [0.3, 0.4) is 0 Å². The monoisotopic (exact) mass is 471 g/mol. The Labute approximate surface area is 200 Å².